The van der Waals surface area contributed by atoms with Crippen molar-refractivity contribution in [3.63, 3.8) is 0 Å². The van der Waals surface area contributed by atoms with Gasteiger partial charge >= 0.3 is 0 Å². The fraction of sp³-hybridized carbons (Fsp3) is 0.500. The van der Waals surface area contributed by atoms with Gasteiger partial charge in [-0.05, 0) is 19.8 Å². The molecule has 1 aliphatic rings. The highest BCUT2D eigenvalue weighted by Crippen LogP contribution is 2.29. The molecular formula is C14H20Cl2N4OS2. The number of amides is 1. The van der Waals surface area contributed by atoms with Crippen molar-refractivity contribution in [1.82, 2.24) is 14.9 Å². The van der Waals surface area contributed by atoms with Gasteiger partial charge in [-0.25, -0.2) is 9.97 Å². The van der Waals surface area contributed by atoms with Crippen molar-refractivity contribution in [3.05, 3.63) is 32.2 Å². The topological polar surface area (TPSA) is 72.1 Å². The second-order valence-electron chi connectivity index (χ2n) is 5.25. The first-order chi connectivity index (χ1) is 10.2. The monoisotopic (exact) mass is 394 g/mol. The lowest BCUT2D eigenvalue weighted by Gasteiger charge is -2.31. The van der Waals surface area contributed by atoms with Crippen LogP contribution in [0.4, 0.5) is 0 Å². The van der Waals surface area contributed by atoms with E-state index >= 15 is 0 Å². The van der Waals surface area contributed by atoms with Crippen molar-refractivity contribution in [3.8, 4) is 0 Å². The smallest absolute Gasteiger partial charge is 0.273 e. The van der Waals surface area contributed by atoms with Gasteiger partial charge in [-0.2, -0.15) is 0 Å². The van der Waals surface area contributed by atoms with Crippen molar-refractivity contribution in [2.45, 2.75) is 32.2 Å². The van der Waals surface area contributed by atoms with E-state index in [4.69, 9.17) is 5.73 Å². The SMILES string of the molecule is Cc1csc(C2CCCN(C(=O)c3csc(CN)n3)C2)n1.Cl.Cl. The predicted octanol–water partition coefficient (Wildman–Crippen LogP) is 3.23. The van der Waals surface area contributed by atoms with Gasteiger partial charge in [0.1, 0.15) is 10.7 Å². The van der Waals surface area contributed by atoms with Crippen molar-refractivity contribution in [1.29, 1.82) is 0 Å². The van der Waals surface area contributed by atoms with E-state index in [9.17, 15) is 4.79 Å². The molecule has 0 aromatic carbocycles. The molecule has 1 atom stereocenters. The van der Waals surface area contributed by atoms with E-state index in [-0.39, 0.29) is 30.7 Å². The average Bonchev–Trinajstić information content (AvgIpc) is 3.15. The minimum atomic E-state index is 0. The number of piperidine rings is 1. The number of aromatic nitrogens is 2. The van der Waals surface area contributed by atoms with E-state index < -0.39 is 0 Å². The summed E-state index contributed by atoms with van der Waals surface area (Å²) in [4.78, 5) is 23.3. The quantitative estimate of drug-likeness (QED) is 0.866. The highest BCUT2D eigenvalue weighted by Gasteiger charge is 2.28. The van der Waals surface area contributed by atoms with E-state index in [1.807, 2.05) is 17.2 Å². The molecule has 3 rings (SSSR count). The summed E-state index contributed by atoms with van der Waals surface area (Å²) in [6.07, 6.45) is 2.12. The highest BCUT2D eigenvalue weighted by atomic mass is 35.5. The third-order valence-electron chi connectivity index (χ3n) is 3.64. The van der Waals surface area contributed by atoms with Crippen LogP contribution in [0.2, 0.25) is 0 Å². The molecule has 0 spiro atoms. The molecule has 2 aromatic rings. The van der Waals surface area contributed by atoms with Crippen LogP contribution in [0.15, 0.2) is 10.8 Å². The Morgan fingerprint density at radius 3 is 2.74 bits per heavy atom. The summed E-state index contributed by atoms with van der Waals surface area (Å²) in [5, 5.41) is 5.83. The Kier molecular flexibility index (Phi) is 7.89. The molecule has 2 aromatic heterocycles. The van der Waals surface area contributed by atoms with Crippen LogP contribution in [0, 0.1) is 6.92 Å². The Morgan fingerprint density at radius 2 is 2.13 bits per heavy atom. The number of nitrogens with zero attached hydrogens (tertiary/aromatic N) is 3. The maximum Gasteiger partial charge on any atom is 0.273 e. The molecule has 128 valence electrons. The number of halogens is 2. The number of carbonyl (C=O) groups is 1. The fourth-order valence-electron chi connectivity index (χ4n) is 2.59. The number of nitrogens with two attached hydrogens (primary N) is 1. The Bertz CT molecular complexity index is 646. The summed E-state index contributed by atoms with van der Waals surface area (Å²) in [5.74, 6) is 0.373. The lowest BCUT2D eigenvalue weighted by molar-refractivity contribution is 0.0701. The molecule has 1 unspecified atom stereocenters. The summed E-state index contributed by atoms with van der Waals surface area (Å²) in [5.41, 5.74) is 7.14. The largest absolute Gasteiger partial charge is 0.337 e. The molecule has 1 aliphatic heterocycles. The van der Waals surface area contributed by atoms with Crippen molar-refractivity contribution in [2.75, 3.05) is 13.1 Å². The van der Waals surface area contributed by atoms with Crippen LogP contribution < -0.4 is 5.73 Å². The van der Waals surface area contributed by atoms with Gasteiger partial charge < -0.3 is 10.6 Å². The van der Waals surface area contributed by atoms with Crippen molar-refractivity contribution >= 4 is 53.4 Å². The fourth-order valence-corrected chi connectivity index (χ4v) is 4.16. The zero-order valence-electron chi connectivity index (χ0n) is 12.7. The first-order valence-corrected chi connectivity index (χ1v) is 8.79. The van der Waals surface area contributed by atoms with Crippen LogP contribution in [0.1, 0.15) is 45.0 Å². The number of aryl methyl sites for hydroxylation is 1. The van der Waals surface area contributed by atoms with Gasteiger partial charge in [0, 0.05) is 42.0 Å². The molecule has 2 N–H and O–H groups in total. The van der Waals surface area contributed by atoms with E-state index in [1.165, 1.54) is 11.3 Å². The molecule has 5 nitrogen and oxygen atoms in total. The minimum absolute atomic E-state index is 0. The number of likely N-dealkylation sites (tertiary alicyclic amines) is 1. The zero-order valence-corrected chi connectivity index (χ0v) is 16.0. The van der Waals surface area contributed by atoms with Crippen LogP contribution in [0.5, 0.6) is 0 Å². The van der Waals surface area contributed by atoms with Crippen LogP contribution >= 0.6 is 47.5 Å². The summed E-state index contributed by atoms with van der Waals surface area (Å²) in [6.45, 7) is 3.94. The summed E-state index contributed by atoms with van der Waals surface area (Å²) in [7, 11) is 0. The van der Waals surface area contributed by atoms with Gasteiger partial charge in [0.2, 0.25) is 0 Å². The van der Waals surface area contributed by atoms with Gasteiger partial charge in [0.05, 0.1) is 5.01 Å². The van der Waals surface area contributed by atoms with E-state index in [1.54, 1.807) is 11.3 Å². The second-order valence-corrected chi connectivity index (χ2v) is 7.08. The summed E-state index contributed by atoms with van der Waals surface area (Å²) in [6, 6.07) is 0. The summed E-state index contributed by atoms with van der Waals surface area (Å²) >= 11 is 3.14. The Hall–Kier alpha value is -0.730. The third kappa shape index (κ3) is 4.64. The van der Waals surface area contributed by atoms with Crippen molar-refractivity contribution < 1.29 is 4.79 Å². The Balaban J connectivity index is 0.00000132. The third-order valence-corrected chi connectivity index (χ3v) is 5.64. The van der Waals surface area contributed by atoms with Crippen molar-refractivity contribution in [2.24, 2.45) is 5.73 Å². The minimum Gasteiger partial charge on any atom is -0.337 e. The van der Waals surface area contributed by atoms with Crippen LogP contribution in [0.3, 0.4) is 0 Å². The first-order valence-electron chi connectivity index (χ1n) is 7.03. The number of hydrogen-bond acceptors (Lipinski definition) is 6. The predicted molar refractivity (Wildman–Crippen MR) is 99.2 cm³/mol. The lowest BCUT2D eigenvalue weighted by Crippen LogP contribution is -2.39. The molecule has 23 heavy (non-hydrogen) atoms. The Morgan fingerprint density at radius 1 is 1.35 bits per heavy atom. The molecule has 0 saturated carbocycles. The van der Waals surface area contributed by atoms with Gasteiger partial charge in [-0.15, -0.1) is 47.5 Å². The standard InChI is InChI=1S/C14H18N4OS2.2ClH/c1-9-7-21-13(16-9)10-3-2-4-18(6-10)14(19)11-8-20-12(5-15)17-11;;/h7-8,10H,2-6,15H2,1H3;2*1H. The molecule has 0 radical (unpaired) electrons. The summed E-state index contributed by atoms with van der Waals surface area (Å²) < 4.78 is 0. The van der Waals surface area contributed by atoms with Gasteiger partial charge in [0.15, 0.2) is 0 Å². The van der Waals surface area contributed by atoms with Gasteiger partial charge in [-0.3, -0.25) is 4.79 Å². The number of carbonyl (C=O) groups excluding carboxylic acids is 1. The molecule has 1 fully saturated rings. The van der Waals surface area contributed by atoms with Gasteiger partial charge in [-0.1, -0.05) is 0 Å². The van der Waals surface area contributed by atoms with E-state index in [0.717, 1.165) is 41.6 Å². The van der Waals surface area contributed by atoms with E-state index in [0.29, 0.717) is 18.2 Å². The zero-order chi connectivity index (χ0) is 14.8. The Labute approximate surface area is 156 Å². The highest BCUT2D eigenvalue weighted by molar-refractivity contribution is 7.10. The molecule has 0 bridgehead atoms. The van der Waals surface area contributed by atoms with Gasteiger partial charge in [0.25, 0.3) is 5.91 Å². The van der Waals surface area contributed by atoms with Crippen LogP contribution in [0.25, 0.3) is 0 Å². The normalized spacial score (nSPS) is 17.3. The first kappa shape index (κ1) is 20.3. The average molecular weight is 395 g/mol. The molecule has 9 heteroatoms. The van der Waals surface area contributed by atoms with Crippen LogP contribution in [-0.2, 0) is 6.54 Å². The molecule has 1 saturated heterocycles. The second kappa shape index (κ2) is 8.94. The number of rotatable bonds is 3. The maximum atomic E-state index is 12.5. The van der Waals surface area contributed by atoms with Crippen LogP contribution in [-0.4, -0.2) is 33.9 Å². The lowest BCUT2D eigenvalue weighted by atomic mass is 9.98. The molecule has 0 aliphatic carbocycles. The molecular weight excluding hydrogens is 375 g/mol. The molecule has 1 amide bonds. The maximum absolute atomic E-state index is 12.5. The molecule has 3 heterocycles. The number of hydrogen-bond donors (Lipinski definition) is 1. The van der Waals surface area contributed by atoms with E-state index in [2.05, 4.69) is 15.3 Å². The number of thiazole rings is 2.